The van der Waals surface area contributed by atoms with Gasteiger partial charge in [-0.05, 0) is 47.7 Å². The Morgan fingerprint density at radius 3 is 2.06 bits per heavy atom. The number of nitrogens with zero attached hydrogens (tertiary/aromatic N) is 4. The highest BCUT2D eigenvalue weighted by atomic mass is 32.1. The predicted molar refractivity (Wildman–Crippen MR) is 171 cm³/mol. The zero-order chi connectivity index (χ0) is 33.0. The number of ether oxygens (including phenoxy) is 1. The van der Waals surface area contributed by atoms with Crippen LogP contribution in [-0.4, -0.2) is 76.9 Å². The van der Waals surface area contributed by atoms with E-state index < -0.39 is 17.8 Å². The zero-order valence-electron chi connectivity index (χ0n) is 25.5. The number of benzene rings is 3. The van der Waals surface area contributed by atoms with Crippen LogP contribution in [0.25, 0.3) is 11.1 Å². The van der Waals surface area contributed by atoms with Crippen molar-refractivity contribution in [2.45, 2.75) is 31.5 Å². The van der Waals surface area contributed by atoms with Crippen LogP contribution in [-0.2, 0) is 17.5 Å². The fourth-order valence-electron chi connectivity index (χ4n) is 5.90. The third-order valence-corrected chi connectivity index (χ3v) is 9.59. The van der Waals surface area contributed by atoms with Gasteiger partial charge in [-0.1, -0.05) is 60.7 Å². The Morgan fingerprint density at radius 2 is 1.38 bits per heavy atom. The van der Waals surface area contributed by atoms with Crippen LogP contribution in [0.4, 0.5) is 18.0 Å². The van der Waals surface area contributed by atoms with E-state index >= 15 is 0 Å². The van der Waals surface area contributed by atoms with Gasteiger partial charge in [0.1, 0.15) is 12.3 Å². The first kappa shape index (κ1) is 32.2. The molecule has 3 aromatic carbocycles. The molecule has 0 saturated carbocycles. The molecule has 6 rings (SSSR count). The molecule has 244 valence electrons. The number of likely N-dealkylation sites (tertiary alicyclic amines) is 1. The van der Waals surface area contributed by atoms with E-state index in [1.54, 1.807) is 44.3 Å². The summed E-state index contributed by atoms with van der Waals surface area (Å²) < 4.78 is 44.6. The Morgan fingerprint density at radius 1 is 0.766 bits per heavy atom. The third-order valence-electron chi connectivity index (χ3n) is 8.58. The lowest BCUT2D eigenvalue weighted by Crippen LogP contribution is -2.50. The Balaban J connectivity index is 1.01. The molecule has 47 heavy (non-hydrogen) atoms. The summed E-state index contributed by atoms with van der Waals surface area (Å²) in [4.78, 5) is 49.0. The smallest absolute Gasteiger partial charge is 0.416 e. The van der Waals surface area contributed by atoms with E-state index in [-0.39, 0.29) is 24.3 Å². The topological polar surface area (TPSA) is 83.0 Å². The highest BCUT2D eigenvalue weighted by molar-refractivity contribution is 7.09. The van der Waals surface area contributed by atoms with E-state index in [2.05, 4.69) is 4.98 Å². The van der Waals surface area contributed by atoms with E-state index in [4.69, 9.17) is 4.74 Å². The van der Waals surface area contributed by atoms with Gasteiger partial charge in [0.2, 0.25) is 0 Å². The Labute approximate surface area is 274 Å². The first-order chi connectivity index (χ1) is 22.7. The van der Waals surface area contributed by atoms with Crippen LogP contribution in [0.1, 0.15) is 55.7 Å². The van der Waals surface area contributed by atoms with Crippen LogP contribution in [0, 0.1) is 0 Å². The number of hydrogen-bond acceptors (Lipinski definition) is 6. The van der Waals surface area contributed by atoms with Gasteiger partial charge in [-0.2, -0.15) is 13.2 Å². The van der Waals surface area contributed by atoms with E-state index in [0.717, 1.165) is 22.7 Å². The minimum absolute atomic E-state index is 0.104. The van der Waals surface area contributed by atoms with E-state index in [0.29, 0.717) is 74.5 Å². The highest BCUT2D eigenvalue weighted by Gasteiger charge is 2.32. The molecule has 0 spiro atoms. The lowest BCUT2D eigenvalue weighted by molar-refractivity contribution is -0.137. The van der Waals surface area contributed by atoms with E-state index in [1.807, 2.05) is 30.3 Å². The van der Waals surface area contributed by atoms with Crippen molar-refractivity contribution >= 4 is 29.2 Å². The standard InChI is InChI=1S/C35H33F3N4O4S/c36-35(37,38)27-12-10-25(11-13-27)28-8-4-5-9-29(28)32(43)40-16-14-26(15-17-40)31-39-30(23-47-31)33(44)41-18-20-42(21-19-41)34(45)46-22-24-6-2-1-3-7-24/h1-13,23,26H,14-22H2. The first-order valence-corrected chi connectivity index (χ1v) is 16.3. The first-order valence-electron chi connectivity index (χ1n) is 15.4. The van der Waals surface area contributed by atoms with Crippen molar-refractivity contribution in [3.63, 3.8) is 0 Å². The number of alkyl halides is 3. The summed E-state index contributed by atoms with van der Waals surface area (Å²) in [5.74, 6) is -0.235. The molecule has 0 unspecified atom stereocenters. The summed E-state index contributed by atoms with van der Waals surface area (Å²) in [6.45, 7) is 2.73. The second-order valence-electron chi connectivity index (χ2n) is 11.6. The molecule has 0 atom stereocenters. The molecule has 3 heterocycles. The molecular formula is C35H33F3N4O4S. The van der Waals surface area contributed by atoms with Gasteiger partial charge in [0.05, 0.1) is 10.6 Å². The number of halogens is 3. The van der Waals surface area contributed by atoms with Crippen molar-refractivity contribution in [3.05, 3.63) is 112 Å². The Hall–Kier alpha value is -4.71. The number of thiazole rings is 1. The molecule has 0 bridgehead atoms. The van der Waals surface area contributed by atoms with Gasteiger partial charge >= 0.3 is 12.3 Å². The third kappa shape index (κ3) is 7.48. The number of piperidine rings is 1. The van der Waals surface area contributed by atoms with E-state index in [9.17, 15) is 27.6 Å². The van der Waals surface area contributed by atoms with E-state index in [1.165, 1.54) is 23.5 Å². The fraction of sp³-hybridized carbons (Fsp3) is 0.314. The number of aromatic nitrogens is 1. The summed E-state index contributed by atoms with van der Waals surface area (Å²) in [6, 6.07) is 21.3. The maximum Gasteiger partial charge on any atom is 0.416 e. The SMILES string of the molecule is O=C(OCc1ccccc1)N1CCN(C(=O)c2csc(C3CCN(C(=O)c4ccccc4-c4ccc(C(F)(F)F)cc4)CC3)n2)CC1. The monoisotopic (exact) mass is 662 g/mol. The summed E-state index contributed by atoms with van der Waals surface area (Å²) >= 11 is 1.44. The number of carbonyl (C=O) groups is 3. The minimum Gasteiger partial charge on any atom is -0.445 e. The molecule has 8 nitrogen and oxygen atoms in total. The van der Waals surface area contributed by atoms with Crippen molar-refractivity contribution in [1.82, 2.24) is 19.7 Å². The van der Waals surface area contributed by atoms with Crippen LogP contribution in [0.15, 0.2) is 84.2 Å². The van der Waals surface area contributed by atoms with Gasteiger partial charge in [-0.3, -0.25) is 9.59 Å². The Kier molecular flexibility index (Phi) is 9.58. The molecule has 3 amide bonds. The lowest BCUT2D eigenvalue weighted by atomic mass is 9.94. The van der Waals surface area contributed by atoms with Gasteiger partial charge in [0.15, 0.2) is 0 Å². The average Bonchev–Trinajstić information content (AvgIpc) is 3.61. The van der Waals surface area contributed by atoms with Crippen LogP contribution in [0.5, 0.6) is 0 Å². The second kappa shape index (κ2) is 14.0. The van der Waals surface area contributed by atoms with Crippen LogP contribution < -0.4 is 0 Å². The second-order valence-corrected chi connectivity index (χ2v) is 12.5. The summed E-state index contributed by atoms with van der Waals surface area (Å²) in [6.07, 6.45) is -3.47. The Bertz CT molecular complexity index is 1710. The van der Waals surface area contributed by atoms with Gasteiger partial charge in [-0.15, -0.1) is 11.3 Å². The maximum atomic E-state index is 13.5. The van der Waals surface area contributed by atoms with Gasteiger partial charge in [0, 0.05) is 56.1 Å². The number of rotatable bonds is 6. The molecule has 0 aliphatic carbocycles. The van der Waals surface area contributed by atoms with Gasteiger partial charge in [-0.25, -0.2) is 9.78 Å². The molecule has 2 fully saturated rings. The fourth-order valence-corrected chi connectivity index (χ4v) is 6.86. The summed E-state index contributed by atoms with van der Waals surface area (Å²) in [5.41, 5.74) is 2.13. The maximum absolute atomic E-state index is 13.5. The van der Waals surface area contributed by atoms with Crippen LogP contribution >= 0.6 is 11.3 Å². The molecular weight excluding hydrogens is 629 g/mol. The zero-order valence-corrected chi connectivity index (χ0v) is 26.3. The number of carbonyl (C=O) groups excluding carboxylic acids is 3. The van der Waals surface area contributed by atoms with Crippen molar-refractivity contribution in [2.24, 2.45) is 0 Å². The molecule has 2 aliphatic rings. The van der Waals surface area contributed by atoms with Crippen LogP contribution in [0.3, 0.4) is 0 Å². The quantitative estimate of drug-likeness (QED) is 0.223. The average molecular weight is 663 g/mol. The van der Waals surface area contributed by atoms with Crippen molar-refractivity contribution < 1.29 is 32.3 Å². The predicted octanol–water partition coefficient (Wildman–Crippen LogP) is 6.94. The molecule has 0 N–H and O–H groups in total. The molecule has 2 saturated heterocycles. The molecule has 0 radical (unpaired) electrons. The number of hydrogen-bond donors (Lipinski definition) is 0. The molecule has 4 aromatic rings. The number of piperazine rings is 1. The highest BCUT2D eigenvalue weighted by Crippen LogP contribution is 2.34. The summed E-state index contributed by atoms with van der Waals surface area (Å²) in [7, 11) is 0. The molecule has 1 aromatic heterocycles. The number of amides is 3. The van der Waals surface area contributed by atoms with Gasteiger partial charge < -0.3 is 19.4 Å². The van der Waals surface area contributed by atoms with Crippen molar-refractivity contribution in [3.8, 4) is 11.1 Å². The normalized spacial score (nSPS) is 15.9. The largest absolute Gasteiger partial charge is 0.445 e. The van der Waals surface area contributed by atoms with Crippen molar-refractivity contribution in [2.75, 3.05) is 39.3 Å². The molecule has 2 aliphatic heterocycles. The van der Waals surface area contributed by atoms with Gasteiger partial charge in [0.25, 0.3) is 11.8 Å². The summed E-state index contributed by atoms with van der Waals surface area (Å²) in [5, 5.41) is 2.63. The molecule has 12 heteroatoms. The van der Waals surface area contributed by atoms with Crippen molar-refractivity contribution in [1.29, 1.82) is 0 Å². The lowest BCUT2D eigenvalue weighted by Gasteiger charge is -2.33. The van der Waals surface area contributed by atoms with Crippen LogP contribution in [0.2, 0.25) is 0 Å². The minimum atomic E-state index is -4.43.